The summed E-state index contributed by atoms with van der Waals surface area (Å²) in [5.41, 5.74) is -1.75. The van der Waals surface area contributed by atoms with E-state index in [1.807, 2.05) is 0 Å². The van der Waals surface area contributed by atoms with Crippen molar-refractivity contribution in [1.29, 1.82) is 0 Å². The van der Waals surface area contributed by atoms with E-state index in [0.29, 0.717) is 18.6 Å². The van der Waals surface area contributed by atoms with Crippen LogP contribution >= 0.6 is 11.6 Å². The molecule has 0 heterocycles. The van der Waals surface area contributed by atoms with Crippen LogP contribution in [0.5, 0.6) is 0 Å². The number of alkyl halides is 1. The van der Waals surface area contributed by atoms with Crippen LogP contribution in [0.25, 0.3) is 0 Å². The minimum absolute atomic E-state index is 0.273. The Morgan fingerprint density at radius 3 is 2.65 bits per heavy atom. The van der Waals surface area contributed by atoms with Crippen molar-refractivity contribution in [2.24, 2.45) is 0 Å². The van der Waals surface area contributed by atoms with Crippen LogP contribution in [-0.2, 0) is 0 Å². The summed E-state index contributed by atoms with van der Waals surface area (Å²) in [6.07, 6.45) is 2.18. The maximum absolute atomic E-state index is 13.8. The summed E-state index contributed by atoms with van der Waals surface area (Å²) in [5.74, 6) is -3.29. The van der Waals surface area contributed by atoms with Crippen LogP contribution in [0.1, 0.15) is 29.6 Å². The molecule has 1 aromatic carbocycles. The third kappa shape index (κ3) is 2.87. The number of benzene rings is 1. The lowest BCUT2D eigenvalue weighted by Gasteiger charge is -2.16. The Balaban J connectivity index is 2.27. The first-order chi connectivity index (χ1) is 9.40. The smallest absolute Gasteiger partial charge is 0.308 e. The van der Waals surface area contributed by atoms with E-state index in [9.17, 15) is 23.7 Å². The van der Waals surface area contributed by atoms with Crippen molar-refractivity contribution in [3.05, 3.63) is 39.4 Å². The van der Waals surface area contributed by atoms with Crippen LogP contribution < -0.4 is 5.32 Å². The van der Waals surface area contributed by atoms with E-state index in [0.717, 1.165) is 12.8 Å². The topological polar surface area (TPSA) is 72.2 Å². The third-order valence-corrected chi connectivity index (χ3v) is 3.73. The van der Waals surface area contributed by atoms with E-state index in [2.05, 4.69) is 5.32 Å². The SMILES string of the molecule is O=C(NC1CCCC1Cl)c1cc(F)cc([N+](=O)[O-])c1F. The lowest BCUT2D eigenvalue weighted by molar-refractivity contribution is -0.387. The molecule has 5 nitrogen and oxygen atoms in total. The lowest BCUT2D eigenvalue weighted by Crippen LogP contribution is -2.38. The summed E-state index contributed by atoms with van der Waals surface area (Å²) in [6, 6.07) is 0.730. The standard InChI is InChI=1S/C12H11ClF2N2O3/c13-8-2-1-3-9(8)16-12(18)7-4-6(14)5-10(11(7)15)17(19)20/h4-5,8-9H,1-3H2,(H,16,18). The van der Waals surface area contributed by atoms with Crippen molar-refractivity contribution < 1.29 is 18.5 Å². The molecule has 108 valence electrons. The number of nitrogens with one attached hydrogen (secondary N) is 1. The van der Waals surface area contributed by atoms with Crippen LogP contribution in [0.4, 0.5) is 14.5 Å². The average molecular weight is 305 g/mol. The summed E-state index contributed by atoms with van der Waals surface area (Å²) in [4.78, 5) is 21.4. The summed E-state index contributed by atoms with van der Waals surface area (Å²) in [5, 5.41) is 12.8. The quantitative estimate of drug-likeness (QED) is 0.530. The molecule has 1 aromatic rings. The fourth-order valence-electron chi connectivity index (χ4n) is 2.20. The van der Waals surface area contributed by atoms with E-state index in [1.54, 1.807) is 0 Å². The van der Waals surface area contributed by atoms with E-state index in [1.165, 1.54) is 0 Å². The second-order valence-electron chi connectivity index (χ2n) is 4.57. The highest BCUT2D eigenvalue weighted by atomic mass is 35.5. The molecule has 0 saturated heterocycles. The van der Waals surface area contributed by atoms with Crippen LogP contribution in [0, 0.1) is 21.7 Å². The lowest BCUT2D eigenvalue weighted by atomic mass is 10.1. The summed E-state index contributed by atoms with van der Waals surface area (Å²) in [7, 11) is 0. The van der Waals surface area contributed by atoms with Crippen molar-refractivity contribution in [1.82, 2.24) is 5.32 Å². The van der Waals surface area contributed by atoms with Gasteiger partial charge in [0.05, 0.1) is 21.9 Å². The summed E-state index contributed by atoms with van der Waals surface area (Å²) in [6.45, 7) is 0. The second-order valence-corrected chi connectivity index (χ2v) is 5.13. The third-order valence-electron chi connectivity index (χ3n) is 3.21. The molecule has 0 aromatic heterocycles. The molecule has 1 N–H and O–H groups in total. The fraction of sp³-hybridized carbons (Fsp3) is 0.417. The van der Waals surface area contributed by atoms with Gasteiger partial charge in [0.25, 0.3) is 5.91 Å². The maximum Gasteiger partial charge on any atom is 0.308 e. The zero-order valence-corrected chi connectivity index (χ0v) is 11.0. The van der Waals surface area contributed by atoms with Crippen molar-refractivity contribution in [3.8, 4) is 0 Å². The molecule has 8 heteroatoms. The minimum Gasteiger partial charge on any atom is -0.348 e. The van der Waals surface area contributed by atoms with Gasteiger partial charge in [-0.2, -0.15) is 4.39 Å². The van der Waals surface area contributed by atoms with Crippen LogP contribution in [0.2, 0.25) is 0 Å². The summed E-state index contributed by atoms with van der Waals surface area (Å²) >= 11 is 5.97. The maximum atomic E-state index is 13.8. The van der Waals surface area contributed by atoms with E-state index >= 15 is 0 Å². The number of nitro groups is 1. The van der Waals surface area contributed by atoms with Gasteiger partial charge in [0, 0.05) is 6.04 Å². The molecule has 0 spiro atoms. The predicted molar refractivity (Wildman–Crippen MR) is 67.8 cm³/mol. The molecular weight excluding hydrogens is 294 g/mol. The number of rotatable bonds is 3. The zero-order valence-electron chi connectivity index (χ0n) is 10.2. The van der Waals surface area contributed by atoms with Gasteiger partial charge >= 0.3 is 5.69 Å². The first-order valence-electron chi connectivity index (χ1n) is 5.98. The summed E-state index contributed by atoms with van der Waals surface area (Å²) < 4.78 is 27.1. The molecule has 2 unspecified atom stereocenters. The molecule has 0 bridgehead atoms. The van der Waals surface area contributed by atoms with Crippen molar-refractivity contribution in [3.63, 3.8) is 0 Å². The Morgan fingerprint density at radius 1 is 1.40 bits per heavy atom. The minimum atomic E-state index is -1.35. The first kappa shape index (κ1) is 14.6. The van der Waals surface area contributed by atoms with Crippen LogP contribution in [0.15, 0.2) is 12.1 Å². The molecule has 20 heavy (non-hydrogen) atoms. The monoisotopic (exact) mass is 304 g/mol. The van der Waals surface area contributed by atoms with E-state index in [-0.39, 0.29) is 11.4 Å². The van der Waals surface area contributed by atoms with Gasteiger partial charge in [0.1, 0.15) is 5.82 Å². The van der Waals surface area contributed by atoms with Gasteiger partial charge in [-0.25, -0.2) is 4.39 Å². The van der Waals surface area contributed by atoms with E-state index < -0.39 is 33.7 Å². The number of hydrogen-bond donors (Lipinski definition) is 1. The van der Waals surface area contributed by atoms with Gasteiger partial charge in [-0.15, -0.1) is 11.6 Å². The number of hydrogen-bond acceptors (Lipinski definition) is 3. The number of nitrogens with zero attached hydrogens (tertiary/aromatic N) is 1. The van der Waals surface area contributed by atoms with Gasteiger partial charge < -0.3 is 5.32 Å². The molecule has 2 rings (SSSR count). The Morgan fingerprint density at radius 2 is 2.10 bits per heavy atom. The number of nitro benzene ring substituents is 1. The molecule has 0 aliphatic heterocycles. The Kier molecular flexibility index (Phi) is 4.17. The molecule has 1 aliphatic carbocycles. The zero-order chi connectivity index (χ0) is 14.9. The predicted octanol–water partition coefficient (Wildman–Crippen LogP) is 2.76. The van der Waals surface area contributed by atoms with Crippen molar-refractivity contribution in [2.75, 3.05) is 0 Å². The number of carbonyl (C=O) groups is 1. The van der Waals surface area contributed by atoms with Crippen LogP contribution in [-0.4, -0.2) is 22.2 Å². The first-order valence-corrected chi connectivity index (χ1v) is 6.42. The average Bonchev–Trinajstić information content (AvgIpc) is 2.77. The number of halogens is 3. The number of amides is 1. The second kappa shape index (κ2) is 5.70. The highest BCUT2D eigenvalue weighted by molar-refractivity contribution is 6.21. The van der Waals surface area contributed by atoms with Gasteiger partial charge in [0.2, 0.25) is 5.82 Å². The normalized spacial score (nSPS) is 21.8. The molecule has 1 aliphatic rings. The Hall–Kier alpha value is -1.76. The van der Waals surface area contributed by atoms with Gasteiger partial charge in [-0.3, -0.25) is 14.9 Å². The van der Waals surface area contributed by atoms with Crippen molar-refractivity contribution >= 4 is 23.2 Å². The number of carbonyl (C=O) groups excluding carboxylic acids is 1. The van der Waals surface area contributed by atoms with Crippen molar-refractivity contribution in [2.45, 2.75) is 30.7 Å². The van der Waals surface area contributed by atoms with E-state index in [4.69, 9.17) is 11.6 Å². The molecule has 0 radical (unpaired) electrons. The molecule has 1 amide bonds. The molecule has 1 fully saturated rings. The highest BCUT2D eigenvalue weighted by Gasteiger charge is 2.30. The van der Waals surface area contributed by atoms with Gasteiger partial charge in [-0.1, -0.05) is 0 Å². The molecule has 2 atom stereocenters. The largest absolute Gasteiger partial charge is 0.348 e. The Labute approximate surface area is 118 Å². The van der Waals surface area contributed by atoms with Gasteiger partial charge in [-0.05, 0) is 25.3 Å². The van der Waals surface area contributed by atoms with Gasteiger partial charge in [0.15, 0.2) is 0 Å². The van der Waals surface area contributed by atoms with Crippen LogP contribution in [0.3, 0.4) is 0 Å². The fourth-order valence-corrected chi connectivity index (χ4v) is 2.54. The molecular formula is C12H11ClF2N2O3. The Bertz CT molecular complexity index is 568. The molecule has 1 saturated carbocycles. The highest BCUT2D eigenvalue weighted by Crippen LogP contribution is 2.26.